The number of halogens is 3. The van der Waals surface area contributed by atoms with Crippen LogP contribution >= 0.6 is 34.8 Å². The predicted molar refractivity (Wildman–Crippen MR) is 108 cm³/mol. The molecule has 136 valence electrons. The summed E-state index contributed by atoms with van der Waals surface area (Å²) in [5.74, 6) is 0.0477. The molecule has 0 aliphatic heterocycles. The number of allylic oxidation sites excluding steroid dienone is 1. The summed E-state index contributed by atoms with van der Waals surface area (Å²) >= 11 is 17.3. The molecule has 0 radical (unpaired) electrons. The van der Waals surface area contributed by atoms with Crippen LogP contribution in [0.15, 0.2) is 69.6 Å². The van der Waals surface area contributed by atoms with Gasteiger partial charge in [-0.3, -0.25) is 10.1 Å². The Morgan fingerprint density at radius 2 is 1.23 bits per heavy atom. The molecule has 8 heteroatoms. The van der Waals surface area contributed by atoms with E-state index in [4.69, 9.17) is 34.8 Å². The highest BCUT2D eigenvalue weighted by molar-refractivity contribution is 6.59. The maximum Gasteiger partial charge on any atom is 0.330 e. The maximum atomic E-state index is 11.6. The Labute approximate surface area is 166 Å². The van der Waals surface area contributed by atoms with Crippen molar-refractivity contribution in [3.8, 4) is 0 Å². The Kier molecular flexibility index (Phi) is 6.91. The molecule has 0 spiro atoms. The molecule has 0 aliphatic carbocycles. The van der Waals surface area contributed by atoms with E-state index in [9.17, 15) is 10.1 Å². The zero-order valence-electron chi connectivity index (χ0n) is 14.0. The molecular formula is C18H16Cl3N3O2. The van der Waals surface area contributed by atoms with Gasteiger partial charge in [0.2, 0.25) is 0 Å². The predicted octanol–water partition coefficient (Wildman–Crippen LogP) is 6.16. The first kappa shape index (κ1) is 20.1. The van der Waals surface area contributed by atoms with Crippen molar-refractivity contribution in [3.05, 3.63) is 90.8 Å². The molecule has 0 fully saturated rings. The van der Waals surface area contributed by atoms with Crippen LogP contribution < -0.4 is 10.6 Å². The van der Waals surface area contributed by atoms with Crippen molar-refractivity contribution in [2.75, 3.05) is 10.6 Å². The number of nitrogens with one attached hydrogen (secondary N) is 2. The fraction of sp³-hybridized carbons (Fsp3) is 0.111. The van der Waals surface area contributed by atoms with Gasteiger partial charge in [0.1, 0.15) is 4.49 Å². The molecular weight excluding hydrogens is 397 g/mol. The molecule has 0 bridgehead atoms. The molecule has 2 N–H and O–H groups in total. The third kappa shape index (κ3) is 5.39. The summed E-state index contributed by atoms with van der Waals surface area (Å²) in [5.41, 5.74) is 2.93. The summed E-state index contributed by atoms with van der Waals surface area (Å²) < 4.78 is -0.396. The van der Waals surface area contributed by atoms with Crippen LogP contribution in [0.1, 0.15) is 11.1 Å². The van der Waals surface area contributed by atoms with Crippen LogP contribution in [0.5, 0.6) is 0 Å². The number of hydrogen-bond donors (Lipinski definition) is 2. The molecule has 0 saturated heterocycles. The molecule has 0 aromatic heterocycles. The van der Waals surface area contributed by atoms with Gasteiger partial charge in [-0.25, -0.2) is 0 Å². The lowest BCUT2D eigenvalue weighted by Gasteiger charge is -2.15. The van der Waals surface area contributed by atoms with Gasteiger partial charge >= 0.3 is 5.70 Å². The van der Waals surface area contributed by atoms with Gasteiger partial charge in [-0.15, -0.1) is 0 Å². The van der Waals surface area contributed by atoms with Crippen LogP contribution in [-0.2, 0) is 0 Å². The number of aryl methyl sites for hydroxylation is 2. The number of nitro groups is 1. The second-order valence-electron chi connectivity index (χ2n) is 5.54. The SMILES string of the molecule is Cc1ccc(NC(Nc2ccc(C)cc2)=C(C(Cl)=C(Cl)Cl)[N+](=O)[O-])cc1. The molecule has 2 rings (SSSR count). The summed E-state index contributed by atoms with van der Waals surface area (Å²) in [4.78, 5) is 11.0. The molecule has 0 amide bonds. The third-order valence-electron chi connectivity index (χ3n) is 3.44. The van der Waals surface area contributed by atoms with Crippen LogP contribution in [0.25, 0.3) is 0 Å². The molecule has 0 atom stereocenters. The first-order valence-electron chi connectivity index (χ1n) is 7.55. The van der Waals surface area contributed by atoms with Crippen LogP contribution in [0, 0.1) is 24.0 Å². The lowest BCUT2D eigenvalue weighted by Crippen LogP contribution is -2.17. The quantitative estimate of drug-likeness (QED) is 0.339. The lowest BCUT2D eigenvalue weighted by molar-refractivity contribution is -0.420. The Hall–Kier alpha value is -2.21. The van der Waals surface area contributed by atoms with E-state index in [1.807, 2.05) is 38.1 Å². The van der Waals surface area contributed by atoms with Gasteiger partial charge in [-0.2, -0.15) is 0 Å². The average molecular weight is 413 g/mol. The van der Waals surface area contributed by atoms with Crippen molar-refractivity contribution >= 4 is 46.2 Å². The minimum atomic E-state index is -0.648. The Morgan fingerprint density at radius 3 is 1.54 bits per heavy atom. The third-order valence-corrected chi connectivity index (χ3v) is 4.37. The van der Waals surface area contributed by atoms with E-state index in [1.54, 1.807) is 24.3 Å². The highest BCUT2D eigenvalue weighted by Crippen LogP contribution is 2.29. The number of anilines is 2. The topological polar surface area (TPSA) is 67.2 Å². The summed E-state index contributed by atoms with van der Waals surface area (Å²) in [6, 6.07) is 14.7. The molecule has 0 unspecified atom stereocenters. The van der Waals surface area contributed by atoms with E-state index in [1.165, 1.54) is 0 Å². The molecule has 5 nitrogen and oxygen atoms in total. The lowest BCUT2D eigenvalue weighted by atomic mass is 10.2. The van der Waals surface area contributed by atoms with E-state index >= 15 is 0 Å². The van der Waals surface area contributed by atoms with Crippen molar-refractivity contribution in [2.24, 2.45) is 0 Å². The number of benzene rings is 2. The van der Waals surface area contributed by atoms with Gasteiger partial charge < -0.3 is 10.6 Å². The molecule has 2 aromatic rings. The Bertz CT molecular complexity index is 807. The zero-order valence-corrected chi connectivity index (χ0v) is 16.3. The van der Waals surface area contributed by atoms with Gasteiger partial charge in [0.25, 0.3) is 0 Å². The fourth-order valence-electron chi connectivity index (χ4n) is 2.08. The molecule has 0 saturated carbocycles. The summed E-state index contributed by atoms with van der Waals surface area (Å²) in [6.07, 6.45) is 0. The first-order chi connectivity index (χ1) is 12.3. The van der Waals surface area contributed by atoms with E-state index < -0.39 is 15.1 Å². The van der Waals surface area contributed by atoms with Crippen molar-refractivity contribution < 1.29 is 4.92 Å². The highest BCUT2D eigenvalue weighted by atomic mass is 35.5. The van der Waals surface area contributed by atoms with E-state index in [0.29, 0.717) is 11.4 Å². The standard InChI is InChI=1S/C18H16Cl3N3O2/c1-11-3-7-13(8-4-11)22-18(16(24(25)26)15(19)17(20)21)23-14-9-5-12(2)6-10-14/h3-10,22-23H,1-2H3. The second kappa shape index (κ2) is 8.94. The minimum Gasteiger partial charge on any atom is -0.336 e. The smallest absolute Gasteiger partial charge is 0.330 e. The molecule has 0 heterocycles. The number of hydrogen-bond acceptors (Lipinski definition) is 4. The summed E-state index contributed by atoms with van der Waals surface area (Å²) in [7, 11) is 0. The Morgan fingerprint density at radius 1 is 0.846 bits per heavy atom. The molecule has 0 aliphatic rings. The van der Waals surface area contributed by atoms with Crippen molar-refractivity contribution in [1.29, 1.82) is 0 Å². The second-order valence-corrected chi connectivity index (χ2v) is 6.86. The van der Waals surface area contributed by atoms with Crippen LogP contribution in [0.4, 0.5) is 11.4 Å². The van der Waals surface area contributed by atoms with Crippen molar-refractivity contribution in [2.45, 2.75) is 13.8 Å². The van der Waals surface area contributed by atoms with Crippen LogP contribution in [0.3, 0.4) is 0 Å². The van der Waals surface area contributed by atoms with Gasteiger partial charge in [-0.05, 0) is 38.1 Å². The minimum absolute atomic E-state index is 0.0477. The summed E-state index contributed by atoms with van der Waals surface area (Å²) in [6.45, 7) is 3.89. The van der Waals surface area contributed by atoms with Gasteiger partial charge in [0, 0.05) is 11.4 Å². The van der Waals surface area contributed by atoms with Gasteiger partial charge in [-0.1, -0.05) is 70.2 Å². The van der Waals surface area contributed by atoms with E-state index in [-0.39, 0.29) is 10.9 Å². The molecule has 26 heavy (non-hydrogen) atoms. The number of rotatable bonds is 6. The average Bonchev–Trinajstić information content (AvgIpc) is 2.58. The van der Waals surface area contributed by atoms with E-state index in [2.05, 4.69) is 10.6 Å². The monoisotopic (exact) mass is 411 g/mol. The largest absolute Gasteiger partial charge is 0.336 e. The molecule has 2 aromatic carbocycles. The zero-order chi connectivity index (χ0) is 19.3. The first-order valence-corrected chi connectivity index (χ1v) is 8.68. The van der Waals surface area contributed by atoms with E-state index in [0.717, 1.165) is 11.1 Å². The van der Waals surface area contributed by atoms with Gasteiger partial charge in [0.15, 0.2) is 10.9 Å². The highest BCUT2D eigenvalue weighted by Gasteiger charge is 2.26. The van der Waals surface area contributed by atoms with Crippen molar-refractivity contribution in [3.63, 3.8) is 0 Å². The normalized spacial score (nSPS) is 10.0. The Balaban J connectivity index is 2.53. The maximum absolute atomic E-state index is 11.6. The van der Waals surface area contributed by atoms with Crippen LogP contribution in [0.2, 0.25) is 0 Å². The summed E-state index contributed by atoms with van der Waals surface area (Å²) in [5, 5.41) is 17.2. The van der Waals surface area contributed by atoms with Crippen molar-refractivity contribution in [1.82, 2.24) is 0 Å². The number of nitrogens with zero attached hydrogens (tertiary/aromatic N) is 1. The fourth-order valence-corrected chi connectivity index (χ4v) is 2.43. The van der Waals surface area contributed by atoms with Crippen LogP contribution in [-0.4, -0.2) is 4.92 Å². The van der Waals surface area contributed by atoms with Gasteiger partial charge in [0.05, 0.1) is 4.92 Å².